The molecule has 3 rings (SSSR count). The fourth-order valence-electron chi connectivity index (χ4n) is 4.63. The van der Waals surface area contributed by atoms with Crippen LogP contribution in [-0.4, -0.2) is 35.5 Å². The molecule has 0 saturated carbocycles. The molecule has 2 aromatic rings. The number of ether oxygens (including phenoxy) is 2. The Hall–Kier alpha value is -3.08. The van der Waals surface area contributed by atoms with Crippen molar-refractivity contribution in [3.05, 3.63) is 71.3 Å². The predicted molar refractivity (Wildman–Crippen MR) is 140 cm³/mol. The molecule has 1 saturated heterocycles. The molecule has 0 unspecified atom stereocenters. The summed E-state index contributed by atoms with van der Waals surface area (Å²) < 4.78 is 11.8. The first-order chi connectivity index (χ1) is 16.5. The third kappa shape index (κ3) is 6.74. The Morgan fingerprint density at radius 2 is 1.71 bits per heavy atom. The number of hydrogen-bond acceptors (Lipinski definition) is 4. The molecule has 1 aliphatic heterocycles. The lowest BCUT2D eigenvalue weighted by Gasteiger charge is -2.27. The highest BCUT2D eigenvalue weighted by Gasteiger charge is 2.40. The molecular formula is C30H39NO4. The maximum atomic E-state index is 12.9. The van der Waals surface area contributed by atoms with E-state index >= 15 is 0 Å². The standard InChI is InChI=1S/C30H39NO4/c1-8-30(6,7)35-28-21(4)16-23(17-22(28)5)14-15-24-18-31(19-26(24)27(32)20(2)3)29(33)34-25-12-10-9-11-13-25/h9-13,16-17,24,26H,2,8,14-15,18-19H2,1,3-7H3/t24-,26-/m1/s1. The second kappa shape index (κ2) is 11.1. The summed E-state index contributed by atoms with van der Waals surface area (Å²) in [5, 5.41) is 0. The Balaban J connectivity index is 1.71. The highest BCUT2D eigenvalue weighted by molar-refractivity contribution is 5.97. The van der Waals surface area contributed by atoms with E-state index in [0.29, 0.717) is 24.4 Å². The number of hydrogen-bond donors (Lipinski definition) is 0. The van der Waals surface area contributed by atoms with E-state index in [2.05, 4.69) is 53.3 Å². The SMILES string of the molecule is C=C(C)C(=O)[C@@H]1CN(C(=O)Oc2ccccc2)C[C@H]1CCc1cc(C)c(OC(C)(C)CC)c(C)c1. The summed E-state index contributed by atoms with van der Waals surface area (Å²) >= 11 is 0. The average molecular weight is 478 g/mol. The van der Waals surface area contributed by atoms with Gasteiger partial charge in [-0.15, -0.1) is 0 Å². The van der Waals surface area contributed by atoms with Crippen LogP contribution in [0.1, 0.15) is 57.2 Å². The number of para-hydroxylation sites is 1. The maximum absolute atomic E-state index is 12.9. The van der Waals surface area contributed by atoms with Crippen LogP contribution < -0.4 is 9.47 Å². The normalized spacial score (nSPS) is 17.8. The van der Waals surface area contributed by atoms with Gasteiger partial charge in [0.2, 0.25) is 0 Å². The molecule has 5 nitrogen and oxygen atoms in total. The number of rotatable bonds is 9. The van der Waals surface area contributed by atoms with Gasteiger partial charge in [-0.2, -0.15) is 0 Å². The number of carbonyl (C=O) groups is 2. The van der Waals surface area contributed by atoms with E-state index in [9.17, 15) is 9.59 Å². The zero-order valence-corrected chi connectivity index (χ0v) is 22.0. The van der Waals surface area contributed by atoms with Gasteiger partial charge >= 0.3 is 6.09 Å². The number of Topliss-reactive ketones (excluding diaryl/α,β-unsaturated/α-hetero) is 1. The minimum atomic E-state index is -0.412. The number of allylic oxidation sites excluding steroid dienone is 1. The Labute approximate surface area is 210 Å². The topological polar surface area (TPSA) is 55.8 Å². The van der Waals surface area contributed by atoms with E-state index in [1.54, 1.807) is 24.0 Å². The van der Waals surface area contributed by atoms with Crippen molar-refractivity contribution in [2.45, 2.75) is 66.4 Å². The highest BCUT2D eigenvalue weighted by atomic mass is 16.6. The molecule has 188 valence electrons. The summed E-state index contributed by atoms with van der Waals surface area (Å²) in [6.07, 6.45) is 2.14. The van der Waals surface area contributed by atoms with Gasteiger partial charge < -0.3 is 14.4 Å². The first-order valence-electron chi connectivity index (χ1n) is 12.5. The van der Waals surface area contributed by atoms with Gasteiger partial charge in [-0.05, 0) is 94.2 Å². The molecular weight excluding hydrogens is 438 g/mol. The number of nitrogens with zero attached hydrogens (tertiary/aromatic N) is 1. The second-order valence-corrected chi connectivity index (χ2v) is 10.4. The van der Waals surface area contributed by atoms with Crippen molar-refractivity contribution in [2.75, 3.05) is 13.1 Å². The van der Waals surface area contributed by atoms with Gasteiger partial charge in [0, 0.05) is 19.0 Å². The lowest BCUT2D eigenvalue weighted by molar-refractivity contribution is -0.119. The van der Waals surface area contributed by atoms with Gasteiger partial charge in [0.25, 0.3) is 0 Å². The summed E-state index contributed by atoms with van der Waals surface area (Å²) in [6.45, 7) is 17.0. The number of likely N-dealkylation sites (tertiary alicyclic amines) is 1. The molecule has 35 heavy (non-hydrogen) atoms. The lowest BCUT2D eigenvalue weighted by atomic mass is 9.85. The van der Waals surface area contributed by atoms with E-state index in [-0.39, 0.29) is 23.2 Å². The smallest absolute Gasteiger partial charge is 0.415 e. The Bertz CT molecular complexity index is 1050. The molecule has 1 amide bonds. The van der Waals surface area contributed by atoms with Crippen molar-refractivity contribution in [3.63, 3.8) is 0 Å². The van der Waals surface area contributed by atoms with Crippen LogP contribution in [0.15, 0.2) is 54.6 Å². The van der Waals surface area contributed by atoms with Crippen molar-refractivity contribution in [3.8, 4) is 11.5 Å². The van der Waals surface area contributed by atoms with Crippen molar-refractivity contribution in [1.82, 2.24) is 4.90 Å². The van der Waals surface area contributed by atoms with Crippen LogP contribution in [0.5, 0.6) is 11.5 Å². The second-order valence-electron chi connectivity index (χ2n) is 10.4. The Kier molecular flexibility index (Phi) is 8.42. The van der Waals surface area contributed by atoms with Crippen LogP contribution in [0.4, 0.5) is 4.79 Å². The van der Waals surface area contributed by atoms with Gasteiger partial charge in [0.15, 0.2) is 5.78 Å². The van der Waals surface area contributed by atoms with Crippen LogP contribution in [0.25, 0.3) is 0 Å². The molecule has 5 heteroatoms. The minimum Gasteiger partial charge on any atom is -0.487 e. The van der Waals surface area contributed by atoms with Crippen LogP contribution in [0.3, 0.4) is 0 Å². The van der Waals surface area contributed by atoms with Crippen LogP contribution >= 0.6 is 0 Å². The van der Waals surface area contributed by atoms with Crippen molar-refractivity contribution >= 4 is 11.9 Å². The lowest BCUT2D eigenvalue weighted by Crippen LogP contribution is -2.32. The molecule has 0 spiro atoms. The van der Waals surface area contributed by atoms with Crippen molar-refractivity contribution in [2.24, 2.45) is 11.8 Å². The third-order valence-electron chi connectivity index (χ3n) is 6.96. The number of aryl methyl sites for hydroxylation is 3. The van der Waals surface area contributed by atoms with E-state index in [4.69, 9.17) is 9.47 Å². The average Bonchev–Trinajstić information content (AvgIpc) is 3.24. The monoisotopic (exact) mass is 477 g/mol. The zero-order chi connectivity index (χ0) is 25.8. The number of ketones is 1. The van der Waals surface area contributed by atoms with Gasteiger partial charge in [0.1, 0.15) is 17.1 Å². The quantitative estimate of drug-likeness (QED) is 0.377. The van der Waals surface area contributed by atoms with Crippen molar-refractivity contribution in [1.29, 1.82) is 0 Å². The maximum Gasteiger partial charge on any atom is 0.415 e. The molecule has 1 heterocycles. The molecule has 2 atom stereocenters. The molecule has 0 aliphatic carbocycles. The summed E-state index contributed by atoms with van der Waals surface area (Å²) in [6, 6.07) is 13.4. The fourth-order valence-corrected chi connectivity index (χ4v) is 4.63. The largest absolute Gasteiger partial charge is 0.487 e. The minimum absolute atomic E-state index is 0.0305. The molecule has 1 fully saturated rings. The molecule has 0 bridgehead atoms. The van der Waals surface area contributed by atoms with Gasteiger partial charge in [-0.3, -0.25) is 4.79 Å². The number of amides is 1. The third-order valence-corrected chi connectivity index (χ3v) is 6.96. The van der Waals surface area contributed by atoms with E-state index in [1.165, 1.54) is 5.56 Å². The van der Waals surface area contributed by atoms with Gasteiger partial charge in [-0.25, -0.2) is 4.79 Å². The first kappa shape index (κ1) is 26.5. The fraction of sp³-hybridized carbons (Fsp3) is 0.467. The van der Waals surface area contributed by atoms with Crippen LogP contribution in [0.2, 0.25) is 0 Å². The van der Waals surface area contributed by atoms with E-state index < -0.39 is 6.09 Å². The van der Waals surface area contributed by atoms with E-state index in [1.807, 2.05) is 18.2 Å². The summed E-state index contributed by atoms with van der Waals surface area (Å²) in [4.78, 5) is 27.4. The molecule has 1 aliphatic rings. The van der Waals surface area contributed by atoms with Crippen molar-refractivity contribution < 1.29 is 19.1 Å². The van der Waals surface area contributed by atoms with Crippen LogP contribution in [0, 0.1) is 25.7 Å². The molecule has 0 radical (unpaired) electrons. The summed E-state index contributed by atoms with van der Waals surface area (Å²) in [7, 11) is 0. The number of benzene rings is 2. The zero-order valence-electron chi connectivity index (χ0n) is 22.0. The molecule has 0 N–H and O–H groups in total. The van der Waals surface area contributed by atoms with Gasteiger partial charge in [0.05, 0.1) is 0 Å². The molecule has 2 aromatic carbocycles. The Morgan fingerprint density at radius 1 is 1.09 bits per heavy atom. The first-order valence-corrected chi connectivity index (χ1v) is 12.5. The predicted octanol–water partition coefficient (Wildman–Crippen LogP) is 6.70. The van der Waals surface area contributed by atoms with Crippen LogP contribution in [-0.2, 0) is 11.2 Å². The summed E-state index contributed by atoms with van der Waals surface area (Å²) in [5.41, 5.74) is 3.78. The Morgan fingerprint density at radius 3 is 2.29 bits per heavy atom. The van der Waals surface area contributed by atoms with E-state index in [0.717, 1.165) is 36.1 Å². The molecule has 0 aromatic heterocycles. The highest BCUT2D eigenvalue weighted by Crippen LogP contribution is 2.33. The summed E-state index contributed by atoms with van der Waals surface area (Å²) in [5.74, 6) is 1.28. The number of carbonyl (C=O) groups excluding carboxylic acids is 2. The van der Waals surface area contributed by atoms with Gasteiger partial charge in [-0.1, -0.05) is 43.8 Å².